The van der Waals surface area contributed by atoms with E-state index in [1.54, 1.807) is 0 Å². The number of β-amino-alcohol motifs (C(OH)–C–C–N with tert-alkyl or cyclic N) is 1. The van der Waals surface area contributed by atoms with E-state index in [9.17, 15) is 19.8 Å². The van der Waals surface area contributed by atoms with Crippen LogP contribution in [0.2, 0.25) is 10.0 Å². The van der Waals surface area contributed by atoms with Crippen molar-refractivity contribution in [2.75, 3.05) is 33.3 Å². The van der Waals surface area contributed by atoms with Crippen LogP contribution in [0.4, 0.5) is 0 Å². The SMILES string of the molecule is CNC(=O)c1cc(Cl)c(OC(C)(C)C(=O)O)cc1OC[C@H](O)CN1CCC2(CC1)Cc1cc(Cl)ccc1O2.[H-].[Na+]. The molecule has 4 rings (SSSR count). The van der Waals surface area contributed by atoms with Gasteiger partial charge in [-0.05, 0) is 43.7 Å². The average molecular weight is 591 g/mol. The van der Waals surface area contributed by atoms with Crippen LogP contribution in [0.25, 0.3) is 0 Å². The molecule has 0 bridgehead atoms. The van der Waals surface area contributed by atoms with Crippen molar-refractivity contribution in [1.82, 2.24) is 10.2 Å². The Morgan fingerprint density at radius 2 is 1.90 bits per heavy atom. The monoisotopic (exact) mass is 590 g/mol. The molecule has 0 radical (unpaired) electrons. The first kappa shape index (κ1) is 31.8. The van der Waals surface area contributed by atoms with Gasteiger partial charge in [0.1, 0.15) is 35.6 Å². The molecule has 12 heteroatoms. The van der Waals surface area contributed by atoms with Crippen LogP contribution in [0, 0.1) is 0 Å². The van der Waals surface area contributed by atoms with Crippen molar-refractivity contribution in [2.45, 2.75) is 50.4 Å². The van der Waals surface area contributed by atoms with Crippen molar-refractivity contribution in [2.24, 2.45) is 0 Å². The summed E-state index contributed by atoms with van der Waals surface area (Å²) in [5.41, 5.74) is -0.527. The summed E-state index contributed by atoms with van der Waals surface area (Å²) < 4.78 is 17.7. The van der Waals surface area contributed by atoms with Gasteiger partial charge in [-0.15, -0.1) is 0 Å². The number of carbonyl (C=O) groups is 2. The van der Waals surface area contributed by atoms with E-state index in [-0.39, 0.29) is 65.3 Å². The Hall–Kier alpha value is -1.72. The molecule has 0 aromatic heterocycles. The van der Waals surface area contributed by atoms with E-state index in [0.717, 1.165) is 43.7 Å². The Balaban J connectivity index is 0.00000280. The first-order valence-electron chi connectivity index (χ1n) is 12.4. The van der Waals surface area contributed by atoms with Gasteiger partial charge in [0.25, 0.3) is 5.91 Å². The van der Waals surface area contributed by atoms with Gasteiger partial charge in [0, 0.05) is 57.0 Å². The van der Waals surface area contributed by atoms with Gasteiger partial charge in [-0.2, -0.15) is 0 Å². The van der Waals surface area contributed by atoms with Crippen molar-refractivity contribution in [3.8, 4) is 17.2 Å². The molecule has 2 aliphatic rings. The summed E-state index contributed by atoms with van der Waals surface area (Å²) in [7, 11) is 1.47. The summed E-state index contributed by atoms with van der Waals surface area (Å²) in [6.45, 7) is 4.57. The van der Waals surface area contributed by atoms with Crippen LogP contribution >= 0.6 is 23.2 Å². The second kappa shape index (κ2) is 12.9. The first-order valence-corrected chi connectivity index (χ1v) is 13.2. The Labute approximate surface area is 261 Å². The van der Waals surface area contributed by atoms with E-state index >= 15 is 0 Å². The van der Waals surface area contributed by atoms with Crippen LogP contribution in [-0.2, 0) is 11.2 Å². The van der Waals surface area contributed by atoms with Crippen LogP contribution in [0.5, 0.6) is 17.2 Å². The Morgan fingerprint density at radius 1 is 1.21 bits per heavy atom. The number of aliphatic carboxylic acids is 1. The van der Waals surface area contributed by atoms with E-state index < -0.39 is 23.6 Å². The number of rotatable bonds is 9. The molecule has 1 amide bonds. The summed E-state index contributed by atoms with van der Waals surface area (Å²) in [6, 6.07) is 8.44. The largest absolute Gasteiger partial charge is 1.00 e. The third-order valence-corrected chi connectivity index (χ3v) is 7.45. The number of piperidine rings is 1. The molecule has 0 saturated carbocycles. The molecule has 1 spiro atoms. The molecular weight excluding hydrogens is 558 g/mol. The topological polar surface area (TPSA) is 118 Å². The van der Waals surface area contributed by atoms with E-state index in [0.29, 0.717) is 11.6 Å². The summed E-state index contributed by atoms with van der Waals surface area (Å²) in [5.74, 6) is -0.559. The van der Waals surface area contributed by atoms with Gasteiger partial charge in [0.05, 0.1) is 10.6 Å². The van der Waals surface area contributed by atoms with Crippen molar-refractivity contribution in [3.63, 3.8) is 0 Å². The zero-order valence-corrected chi connectivity index (χ0v) is 26.1. The third kappa shape index (κ3) is 7.52. The fourth-order valence-electron chi connectivity index (χ4n) is 4.72. The Bertz CT molecular complexity index is 1230. The van der Waals surface area contributed by atoms with Crippen molar-refractivity contribution < 1.29 is 65.0 Å². The molecule has 2 aliphatic heterocycles. The maximum absolute atomic E-state index is 12.4. The maximum atomic E-state index is 12.4. The van der Waals surface area contributed by atoms with E-state index in [4.69, 9.17) is 37.4 Å². The molecule has 1 saturated heterocycles. The number of ether oxygens (including phenoxy) is 3. The number of likely N-dealkylation sites (tertiary alicyclic amines) is 1. The molecular formula is C27H33Cl2N2NaO7. The van der Waals surface area contributed by atoms with Crippen LogP contribution in [0.1, 0.15) is 44.0 Å². The summed E-state index contributed by atoms with van der Waals surface area (Å²) in [5, 5.41) is 23.4. The number of carboxylic acid groups (broad SMARTS) is 1. The van der Waals surface area contributed by atoms with Gasteiger partial charge in [-0.3, -0.25) is 4.79 Å². The number of benzene rings is 2. The van der Waals surface area contributed by atoms with Crippen LogP contribution < -0.4 is 49.1 Å². The predicted molar refractivity (Wildman–Crippen MR) is 144 cm³/mol. The van der Waals surface area contributed by atoms with Crippen molar-refractivity contribution >= 4 is 35.1 Å². The predicted octanol–water partition coefficient (Wildman–Crippen LogP) is 0.921. The Morgan fingerprint density at radius 3 is 2.54 bits per heavy atom. The summed E-state index contributed by atoms with van der Waals surface area (Å²) in [6.07, 6.45) is 1.64. The maximum Gasteiger partial charge on any atom is 1.00 e. The molecule has 39 heavy (non-hydrogen) atoms. The average Bonchev–Trinajstić information content (AvgIpc) is 3.21. The van der Waals surface area contributed by atoms with Gasteiger partial charge in [0.15, 0.2) is 5.60 Å². The molecule has 208 valence electrons. The second-order valence-electron chi connectivity index (χ2n) is 10.3. The molecule has 9 nitrogen and oxygen atoms in total. The van der Waals surface area contributed by atoms with Crippen LogP contribution in [-0.4, -0.2) is 77.6 Å². The normalized spacial score (nSPS) is 17.0. The number of carboxylic acids is 1. The summed E-state index contributed by atoms with van der Waals surface area (Å²) in [4.78, 5) is 26.0. The zero-order valence-electron chi connectivity index (χ0n) is 23.6. The van der Waals surface area contributed by atoms with Crippen LogP contribution in [0.15, 0.2) is 30.3 Å². The van der Waals surface area contributed by atoms with Crippen molar-refractivity contribution in [1.29, 1.82) is 0 Å². The molecule has 1 atom stereocenters. The molecule has 3 N–H and O–H groups in total. The zero-order chi connectivity index (χ0) is 27.7. The number of nitrogens with one attached hydrogen (secondary N) is 1. The van der Waals surface area contributed by atoms with Gasteiger partial charge in [-0.25, -0.2) is 4.79 Å². The van der Waals surface area contributed by atoms with Gasteiger partial charge < -0.3 is 36.1 Å². The molecule has 2 aromatic carbocycles. The summed E-state index contributed by atoms with van der Waals surface area (Å²) >= 11 is 12.4. The number of hydrogen-bond acceptors (Lipinski definition) is 7. The fourth-order valence-corrected chi connectivity index (χ4v) is 5.12. The number of hydrogen-bond donors (Lipinski definition) is 3. The quantitative estimate of drug-likeness (QED) is 0.369. The minimum atomic E-state index is -1.56. The number of carbonyl (C=O) groups excluding carboxylic acids is 1. The number of halogens is 2. The smallest absolute Gasteiger partial charge is 1.00 e. The molecule has 2 aromatic rings. The standard InChI is InChI=1S/C27H32Cl2N2O7.Na.H/c1-26(2,25(34)35)37-23-12-22(19(11-20(23)29)24(33)30-3)36-15-18(32)14-31-8-6-27(7-9-31)13-16-10-17(28)4-5-21(16)38-27;;/h4-5,10-12,18,32H,6-9,13-15H2,1-3H3,(H,30,33)(H,34,35);;/q;+1;-1/t18-;;/m1../s1. The first-order chi connectivity index (χ1) is 17.9. The molecule has 0 unspecified atom stereocenters. The third-order valence-electron chi connectivity index (χ3n) is 6.92. The minimum Gasteiger partial charge on any atom is -1.00 e. The van der Waals surface area contributed by atoms with Gasteiger partial charge in [-0.1, -0.05) is 23.2 Å². The van der Waals surface area contributed by atoms with Crippen LogP contribution in [0.3, 0.4) is 0 Å². The number of aliphatic hydroxyl groups is 1. The second-order valence-corrected chi connectivity index (χ2v) is 11.1. The van der Waals surface area contributed by atoms with Gasteiger partial charge >= 0.3 is 35.5 Å². The van der Waals surface area contributed by atoms with E-state index in [2.05, 4.69) is 10.2 Å². The minimum absolute atomic E-state index is 0. The van der Waals surface area contributed by atoms with E-state index in [1.807, 2.05) is 18.2 Å². The fraction of sp³-hybridized carbons (Fsp3) is 0.481. The Kier molecular flexibility index (Phi) is 10.5. The number of amides is 1. The number of nitrogens with zero attached hydrogens (tertiary/aromatic N) is 1. The van der Waals surface area contributed by atoms with Crippen molar-refractivity contribution in [3.05, 3.63) is 51.5 Å². The molecule has 1 fully saturated rings. The van der Waals surface area contributed by atoms with Gasteiger partial charge in [0.2, 0.25) is 0 Å². The van der Waals surface area contributed by atoms with E-state index in [1.165, 1.54) is 33.0 Å². The molecule has 2 heterocycles. The number of fused-ring (bicyclic) bond motifs is 1. The molecule has 0 aliphatic carbocycles. The number of aliphatic hydroxyl groups excluding tert-OH is 1.